The smallest absolute Gasteiger partial charge is 0.0544 e. The molecular formula is C15H21N3S. The number of hydrogen-bond acceptors (Lipinski definition) is 4. The van der Waals surface area contributed by atoms with Gasteiger partial charge in [0.25, 0.3) is 0 Å². The van der Waals surface area contributed by atoms with Crippen LogP contribution in [-0.2, 0) is 19.6 Å². The highest BCUT2D eigenvalue weighted by Crippen LogP contribution is 2.18. The molecular weight excluding hydrogens is 254 g/mol. The number of thiophene rings is 1. The van der Waals surface area contributed by atoms with Gasteiger partial charge in [0.1, 0.15) is 0 Å². The second kappa shape index (κ2) is 7.38. The van der Waals surface area contributed by atoms with Crippen LogP contribution >= 0.6 is 11.3 Å². The number of rotatable bonds is 7. The Hall–Kier alpha value is -1.23. The molecule has 0 radical (unpaired) electrons. The minimum Gasteiger partial charge on any atom is -0.315 e. The molecule has 0 unspecified atom stereocenters. The van der Waals surface area contributed by atoms with E-state index in [0.717, 1.165) is 31.9 Å². The summed E-state index contributed by atoms with van der Waals surface area (Å²) in [7, 11) is 1.98. The number of nitrogens with one attached hydrogen (secondary N) is 1. The maximum Gasteiger partial charge on any atom is 0.0544 e. The molecule has 0 bridgehead atoms. The Balaban J connectivity index is 1.94. The Morgan fingerprint density at radius 1 is 1.16 bits per heavy atom. The maximum absolute atomic E-state index is 4.39. The highest BCUT2D eigenvalue weighted by molar-refractivity contribution is 7.11. The van der Waals surface area contributed by atoms with Crippen LogP contribution in [0.3, 0.4) is 0 Å². The first kappa shape index (κ1) is 14.2. The molecule has 0 amide bonds. The van der Waals surface area contributed by atoms with E-state index in [1.807, 2.05) is 36.7 Å². The van der Waals surface area contributed by atoms with Crippen LogP contribution in [0.4, 0.5) is 0 Å². The molecule has 0 spiro atoms. The molecule has 2 aromatic heterocycles. The Bertz CT molecular complexity index is 481. The molecule has 1 N–H and O–H groups in total. The van der Waals surface area contributed by atoms with Crippen molar-refractivity contribution in [1.29, 1.82) is 0 Å². The van der Waals surface area contributed by atoms with Crippen LogP contribution in [-0.4, -0.2) is 23.5 Å². The van der Waals surface area contributed by atoms with Crippen molar-refractivity contribution < 1.29 is 0 Å². The zero-order valence-electron chi connectivity index (χ0n) is 11.6. The second-order valence-electron chi connectivity index (χ2n) is 4.52. The molecule has 0 saturated carbocycles. The maximum atomic E-state index is 4.39. The Morgan fingerprint density at radius 2 is 2.00 bits per heavy atom. The fourth-order valence-corrected chi connectivity index (χ4v) is 3.07. The molecule has 2 aromatic rings. The summed E-state index contributed by atoms with van der Waals surface area (Å²) in [5, 5.41) is 3.19. The monoisotopic (exact) mass is 275 g/mol. The van der Waals surface area contributed by atoms with Crippen LogP contribution in [0.1, 0.15) is 22.4 Å². The second-order valence-corrected chi connectivity index (χ2v) is 5.78. The number of hydrogen-bond donors (Lipinski definition) is 1. The Morgan fingerprint density at radius 3 is 2.68 bits per heavy atom. The minimum absolute atomic E-state index is 0.913. The van der Waals surface area contributed by atoms with E-state index >= 15 is 0 Å². The van der Waals surface area contributed by atoms with Crippen molar-refractivity contribution in [2.45, 2.75) is 26.6 Å². The molecule has 0 aliphatic carbocycles. The molecule has 102 valence electrons. The van der Waals surface area contributed by atoms with Gasteiger partial charge >= 0.3 is 0 Å². The third-order valence-corrected chi connectivity index (χ3v) is 4.08. The van der Waals surface area contributed by atoms with Crippen LogP contribution in [0.15, 0.2) is 36.5 Å². The van der Waals surface area contributed by atoms with E-state index < -0.39 is 0 Å². The lowest BCUT2D eigenvalue weighted by atomic mass is 10.3. The van der Waals surface area contributed by atoms with Gasteiger partial charge in [-0.25, -0.2) is 0 Å². The highest BCUT2D eigenvalue weighted by Gasteiger charge is 2.07. The molecule has 0 aliphatic rings. The van der Waals surface area contributed by atoms with E-state index in [-0.39, 0.29) is 0 Å². The van der Waals surface area contributed by atoms with Crippen LogP contribution < -0.4 is 5.32 Å². The zero-order chi connectivity index (χ0) is 13.5. The van der Waals surface area contributed by atoms with Gasteiger partial charge in [0.05, 0.1) is 5.69 Å². The summed E-state index contributed by atoms with van der Waals surface area (Å²) in [4.78, 5) is 9.62. The SMILES string of the molecule is CCN(Cc1ccccn1)Cc1ccc(CNC)s1. The zero-order valence-corrected chi connectivity index (χ0v) is 12.4. The van der Waals surface area contributed by atoms with Crippen molar-refractivity contribution in [3.05, 3.63) is 52.0 Å². The lowest BCUT2D eigenvalue weighted by molar-refractivity contribution is 0.270. The molecule has 0 fully saturated rings. The van der Waals surface area contributed by atoms with Crippen molar-refractivity contribution >= 4 is 11.3 Å². The fraction of sp³-hybridized carbons (Fsp3) is 0.400. The van der Waals surface area contributed by atoms with Crippen molar-refractivity contribution in [2.24, 2.45) is 0 Å². The van der Waals surface area contributed by atoms with E-state index in [1.54, 1.807) is 0 Å². The molecule has 19 heavy (non-hydrogen) atoms. The fourth-order valence-electron chi connectivity index (χ4n) is 2.00. The van der Waals surface area contributed by atoms with Gasteiger partial charge in [0.15, 0.2) is 0 Å². The topological polar surface area (TPSA) is 28.2 Å². The normalized spacial score (nSPS) is 11.1. The molecule has 0 aromatic carbocycles. The van der Waals surface area contributed by atoms with Gasteiger partial charge in [-0.15, -0.1) is 11.3 Å². The lowest BCUT2D eigenvalue weighted by Gasteiger charge is -2.18. The molecule has 2 rings (SSSR count). The highest BCUT2D eigenvalue weighted by atomic mass is 32.1. The largest absolute Gasteiger partial charge is 0.315 e. The first-order valence-corrected chi connectivity index (χ1v) is 7.48. The number of nitrogens with zero attached hydrogens (tertiary/aromatic N) is 2. The standard InChI is InChI=1S/C15H21N3S/c1-3-18(11-13-6-4-5-9-17-13)12-15-8-7-14(19-15)10-16-2/h4-9,16H,3,10-12H2,1-2H3. The van der Waals surface area contributed by atoms with Gasteiger partial charge in [-0.2, -0.15) is 0 Å². The molecule has 3 nitrogen and oxygen atoms in total. The average Bonchev–Trinajstić information content (AvgIpc) is 2.87. The summed E-state index contributed by atoms with van der Waals surface area (Å²) < 4.78 is 0. The Kier molecular flexibility index (Phi) is 5.51. The van der Waals surface area contributed by atoms with Gasteiger partial charge in [0, 0.05) is 35.6 Å². The van der Waals surface area contributed by atoms with E-state index in [9.17, 15) is 0 Å². The summed E-state index contributed by atoms with van der Waals surface area (Å²) in [6.07, 6.45) is 1.86. The predicted octanol–water partition coefficient (Wildman–Crippen LogP) is 2.88. The van der Waals surface area contributed by atoms with E-state index in [4.69, 9.17) is 0 Å². The van der Waals surface area contributed by atoms with Crippen LogP contribution in [0, 0.1) is 0 Å². The average molecular weight is 275 g/mol. The summed E-state index contributed by atoms with van der Waals surface area (Å²) in [5.74, 6) is 0. The van der Waals surface area contributed by atoms with Crippen LogP contribution in [0.25, 0.3) is 0 Å². The van der Waals surface area contributed by atoms with Crippen molar-refractivity contribution in [3.8, 4) is 0 Å². The van der Waals surface area contributed by atoms with E-state index in [0.29, 0.717) is 0 Å². The predicted molar refractivity (Wildman–Crippen MR) is 81.1 cm³/mol. The third kappa shape index (κ3) is 4.42. The van der Waals surface area contributed by atoms with Gasteiger partial charge in [-0.3, -0.25) is 9.88 Å². The molecule has 0 aliphatic heterocycles. The molecule has 2 heterocycles. The Labute approximate surface area is 119 Å². The van der Waals surface area contributed by atoms with Crippen LogP contribution in [0.2, 0.25) is 0 Å². The summed E-state index contributed by atoms with van der Waals surface area (Å²) in [5.41, 5.74) is 1.14. The first-order chi connectivity index (χ1) is 9.31. The number of aromatic nitrogens is 1. The summed E-state index contributed by atoms with van der Waals surface area (Å²) in [6.45, 7) is 6.11. The third-order valence-electron chi connectivity index (χ3n) is 3.01. The number of pyridine rings is 1. The quantitative estimate of drug-likeness (QED) is 0.842. The van der Waals surface area contributed by atoms with Gasteiger partial charge in [0.2, 0.25) is 0 Å². The van der Waals surface area contributed by atoms with Gasteiger partial charge in [-0.05, 0) is 37.9 Å². The first-order valence-electron chi connectivity index (χ1n) is 6.66. The van der Waals surface area contributed by atoms with Gasteiger partial charge < -0.3 is 5.32 Å². The van der Waals surface area contributed by atoms with Crippen molar-refractivity contribution in [2.75, 3.05) is 13.6 Å². The van der Waals surface area contributed by atoms with Crippen molar-refractivity contribution in [3.63, 3.8) is 0 Å². The summed E-state index contributed by atoms with van der Waals surface area (Å²) >= 11 is 1.89. The summed E-state index contributed by atoms with van der Waals surface area (Å²) in [6, 6.07) is 10.5. The molecule has 4 heteroatoms. The molecule has 0 atom stereocenters. The van der Waals surface area contributed by atoms with Crippen LogP contribution in [0.5, 0.6) is 0 Å². The lowest BCUT2D eigenvalue weighted by Crippen LogP contribution is -2.22. The van der Waals surface area contributed by atoms with E-state index in [2.05, 4.69) is 40.3 Å². The minimum atomic E-state index is 0.913. The van der Waals surface area contributed by atoms with Gasteiger partial charge in [-0.1, -0.05) is 13.0 Å². The van der Waals surface area contributed by atoms with E-state index in [1.165, 1.54) is 9.75 Å². The molecule has 0 saturated heterocycles. The van der Waals surface area contributed by atoms with Crippen molar-refractivity contribution in [1.82, 2.24) is 15.2 Å².